The van der Waals surface area contributed by atoms with E-state index in [2.05, 4.69) is 26.9 Å². The Bertz CT molecular complexity index is 456. The molecule has 15 heavy (non-hydrogen) atoms. The van der Waals surface area contributed by atoms with Gasteiger partial charge in [0.1, 0.15) is 5.52 Å². The van der Waals surface area contributed by atoms with Gasteiger partial charge in [-0.1, -0.05) is 13.3 Å². The molecule has 2 aromatic heterocycles. The van der Waals surface area contributed by atoms with Crippen molar-refractivity contribution in [3.8, 4) is 5.88 Å². The highest BCUT2D eigenvalue weighted by Gasteiger charge is 2.09. The van der Waals surface area contributed by atoms with Gasteiger partial charge in [0.05, 0.1) is 12.9 Å². The molecule has 0 spiro atoms. The van der Waals surface area contributed by atoms with E-state index in [4.69, 9.17) is 16.3 Å². The maximum Gasteiger partial charge on any atom is 0.244 e. The highest BCUT2D eigenvalue weighted by Crippen LogP contribution is 2.20. The normalized spacial score (nSPS) is 10.8. The number of halogens is 1. The Hall–Kier alpha value is -1.36. The minimum Gasteiger partial charge on any atom is -0.476 e. The smallest absolute Gasteiger partial charge is 0.244 e. The minimum absolute atomic E-state index is 0.154. The maximum atomic E-state index is 5.74. The van der Waals surface area contributed by atoms with Crippen LogP contribution in [0.5, 0.6) is 5.88 Å². The van der Waals surface area contributed by atoms with Gasteiger partial charge in [0, 0.05) is 0 Å². The van der Waals surface area contributed by atoms with E-state index in [0.29, 0.717) is 23.7 Å². The molecule has 0 aliphatic rings. The summed E-state index contributed by atoms with van der Waals surface area (Å²) < 4.78 is 5.49. The maximum absolute atomic E-state index is 5.74. The van der Waals surface area contributed by atoms with Crippen molar-refractivity contribution >= 4 is 22.8 Å². The van der Waals surface area contributed by atoms with Gasteiger partial charge >= 0.3 is 0 Å². The molecule has 0 radical (unpaired) electrons. The Kier molecular flexibility index (Phi) is 3.01. The number of aromatic nitrogens is 4. The van der Waals surface area contributed by atoms with Crippen LogP contribution >= 0.6 is 11.6 Å². The monoisotopic (exact) mass is 226 g/mol. The summed E-state index contributed by atoms with van der Waals surface area (Å²) in [5.74, 6) is 0.468. The van der Waals surface area contributed by atoms with Gasteiger partial charge in [0.25, 0.3) is 0 Å². The number of hydrogen-bond acceptors (Lipinski definition) is 4. The molecular weight excluding hydrogens is 216 g/mol. The van der Waals surface area contributed by atoms with Crippen LogP contribution in [0.15, 0.2) is 6.33 Å². The SMILES string of the molecule is CCCCOc1nc(Cl)nc2nc[nH]c12. The molecule has 0 bridgehead atoms. The van der Waals surface area contributed by atoms with Crippen molar-refractivity contribution in [3.05, 3.63) is 11.6 Å². The number of hydrogen-bond donors (Lipinski definition) is 1. The first kappa shape index (κ1) is 10.2. The van der Waals surface area contributed by atoms with Crippen LogP contribution in [0.25, 0.3) is 11.2 Å². The van der Waals surface area contributed by atoms with Gasteiger partial charge in [-0.2, -0.15) is 9.97 Å². The molecule has 0 saturated heterocycles. The molecule has 1 N–H and O–H groups in total. The molecule has 0 unspecified atom stereocenters. The van der Waals surface area contributed by atoms with Crippen LogP contribution in [0.1, 0.15) is 19.8 Å². The number of ether oxygens (including phenoxy) is 1. The predicted octanol–water partition coefficient (Wildman–Crippen LogP) is 2.19. The van der Waals surface area contributed by atoms with E-state index in [-0.39, 0.29) is 5.28 Å². The molecular formula is C9H11ClN4O. The van der Waals surface area contributed by atoms with Gasteiger partial charge in [-0.3, -0.25) is 0 Å². The van der Waals surface area contributed by atoms with Crippen LogP contribution in [0, 0.1) is 0 Å². The van der Waals surface area contributed by atoms with Crippen LogP contribution in [0.3, 0.4) is 0 Å². The van der Waals surface area contributed by atoms with Crippen molar-refractivity contribution in [1.82, 2.24) is 19.9 Å². The molecule has 0 saturated carbocycles. The molecule has 0 amide bonds. The molecule has 5 nitrogen and oxygen atoms in total. The molecule has 2 heterocycles. The van der Waals surface area contributed by atoms with Crippen LogP contribution in [0.4, 0.5) is 0 Å². The summed E-state index contributed by atoms with van der Waals surface area (Å²) in [5.41, 5.74) is 1.22. The van der Waals surface area contributed by atoms with Crippen molar-refractivity contribution in [1.29, 1.82) is 0 Å². The first-order valence-electron chi connectivity index (χ1n) is 4.80. The predicted molar refractivity (Wildman–Crippen MR) is 57.1 cm³/mol. The van der Waals surface area contributed by atoms with Crippen LogP contribution < -0.4 is 4.74 Å². The first-order valence-corrected chi connectivity index (χ1v) is 5.18. The number of nitrogens with one attached hydrogen (secondary N) is 1. The molecule has 0 aliphatic heterocycles. The quantitative estimate of drug-likeness (QED) is 0.641. The Labute approximate surface area is 91.9 Å². The molecule has 0 atom stereocenters. The van der Waals surface area contributed by atoms with E-state index >= 15 is 0 Å². The number of nitrogens with zero attached hydrogens (tertiary/aromatic N) is 3. The van der Waals surface area contributed by atoms with E-state index in [9.17, 15) is 0 Å². The second-order valence-electron chi connectivity index (χ2n) is 3.10. The summed E-state index contributed by atoms with van der Waals surface area (Å²) in [7, 11) is 0. The van der Waals surface area contributed by atoms with Gasteiger partial charge in [-0.05, 0) is 18.0 Å². The van der Waals surface area contributed by atoms with Crippen molar-refractivity contribution in [3.63, 3.8) is 0 Å². The minimum atomic E-state index is 0.154. The standard InChI is InChI=1S/C9H11ClN4O/c1-2-3-4-15-8-6-7(12-5-11-6)13-9(10)14-8/h5H,2-4H2,1H3,(H,11,12,13,14). The van der Waals surface area contributed by atoms with Crippen molar-refractivity contribution in [2.45, 2.75) is 19.8 Å². The lowest BCUT2D eigenvalue weighted by Gasteiger charge is -2.04. The highest BCUT2D eigenvalue weighted by atomic mass is 35.5. The van der Waals surface area contributed by atoms with E-state index in [1.807, 2.05) is 0 Å². The van der Waals surface area contributed by atoms with Crippen molar-refractivity contribution in [2.75, 3.05) is 6.61 Å². The number of aromatic amines is 1. The fraction of sp³-hybridized carbons (Fsp3) is 0.444. The average molecular weight is 227 g/mol. The third-order valence-electron chi connectivity index (χ3n) is 1.96. The van der Waals surface area contributed by atoms with Gasteiger partial charge in [0.2, 0.25) is 11.2 Å². The van der Waals surface area contributed by atoms with Crippen molar-refractivity contribution < 1.29 is 4.74 Å². The van der Waals surface area contributed by atoms with E-state index in [1.165, 1.54) is 0 Å². The summed E-state index contributed by atoms with van der Waals surface area (Å²) in [6.45, 7) is 2.72. The van der Waals surface area contributed by atoms with Gasteiger partial charge in [-0.25, -0.2) is 4.98 Å². The topological polar surface area (TPSA) is 63.7 Å². The fourth-order valence-corrected chi connectivity index (χ4v) is 1.36. The highest BCUT2D eigenvalue weighted by molar-refractivity contribution is 6.28. The summed E-state index contributed by atoms with van der Waals surface area (Å²) in [4.78, 5) is 14.9. The summed E-state index contributed by atoms with van der Waals surface area (Å²) in [5, 5.41) is 0.154. The Balaban J connectivity index is 2.27. The van der Waals surface area contributed by atoms with Crippen LogP contribution in [-0.2, 0) is 0 Å². The second kappa shape index (κ2) is 4.44. The van der Waals surface area contributed by atoms with E-state index < -0.39 is 0 Å². The fourth-order valence-electron chi connectivity index (χ4n) is 1.20. The number of unbranched alkanes of at least 4 members (excludes halogenated alkanes) is 1. The number of imidazole rings is 1. The molecule has 6 heteroatoms. The zero-order chi connectivity index (χ0) is 10.7. The zero-order valence-electron chi connectivity index (χ0n) is 8.33. The first-order chi connectivity index (χ1) is 7.31. The third kappa shape index (κ3) is 2.18. The third-order valence-corrected chi connectivity index (χ3v) is 2.13. The Morgan fingerprint density at radius 2 is 2.33 bits per heavy atom. The lowest BCUT2D eigenvalue weighted by Crippen LogP contribution is -2.00. The van der Waals surface area contributed by atoms with E-state index in [0.717, 1.165) is 12.8 Å². The Morgan fingerprint density at radius 3 is 3.13 bits per heavy atom. The molecule has 80 valence electrons. The van der Waals surface area contributed by atoms with Gasteiger partial charge in [-0.15, -0.1) is 0 Å². The summed E-state index contributed by atoms with van der Waals surface area (Å²) in [6.07, 6.45) is 3.60. The number of H-pyrrole nitrogens is 1. The van der Waals surface area contributed by atoms with Crippen molar-refractivity contribution in [2.24, 2.45) is 0 Å². The molecule has 2 rings (SSSR count). The molecule has 0 fully saturated rings. The summed E-state index contributed by atoms with van der Waals surface area (Å²) >= 11 is 5.74. The molecule has 0 aromatic carbocycles. The second-order valence-corrected chi connectivity index (χ2v) is 3.44. The zero-order valence-corrected chi connectivity index (χ0v) is 9.08. The average Bonchev–Trinajstić information content (AvgIpc) is 2.65. The lowest BCUT2D eigenvalue weighted by atomic mass is 10.4. The lowest BCUT2D eigenvalue weighted by molar-refractivity contribution is 0.301. The number of fused-ring (bicyclic) bond motifs is 1. The molecule has 2 aromatic rings. The van der Waals surface area contributed by atoms with Crippen LogP contribution in [0.2, 0.25) is 5.28 Å². The van der Waals surface area contributed by atoms with Crippen LogP contribution in [-0.4, -0.2) is 26.5 Å². The van der Waals surface area contributed by atoms with Gasteiger partial charge < -0.3 is 9.72 Å². The van der Waals surface area contributed by atoms with Gasteiger partial charge in [0.15, 0.2) is 5.65 Å². The molecule has 0 aliphatic carbocycles. The number of rotatable bonds is 4. The summed E-state index contributed by atoms with van der Waals surface area (Å²) in [6, 6.07) is 0. The Morgan fingerprint density at radius 1 is 1.47 bits per heavy atom. The largest absolute Gasteiger partial charge is 0.476 e. The van der Waals surface area contributed by atoms with E-state index in [1.54, 1.807) is 6.33 Å².